The molecule has 7 nitrogen and oxygen atoms in total. The molecule has 1 aliphatic rings. The molecule has 0 unspecified atom stereocenters. The fraction of sp³-hybridized carbons (Fsp3) is 0.471. The van der Waals surface area contributed by atoms with Crippen LogP contribution >= 0.6 is 24.0 Å². The standard InChI is InChI=1S/C17H24N4O3.HI/c1-18-17(20-12-13-6-3-4-7-14(13)24-2)19-10-11-21-15(22)8-5-9-16(21)23;/h3-4,6-7H,5,8-12H2,1-2H3,(H2,18,19,20);1H. The van der Waals surface area contributed by atoms with E-state index in [0.717, 1.165) is 11.3 Å². The van der Waals surface area contributed by atoms with Crippen LogP contribution in [0.25, 0.3) is 0 Å². The molecule has 1 aromatic carbocycles. The fourth-order valence-corrected chi connectivity index (χ4v) is 2.58. The molecule has 0 radical (unpaired) electrons. The SMILES string of the molecule is CN=C(NCCN1C(=O)CCCC1=O)NCc1ccccc1OC.I. The van der Waals surface area contributed by atoms with E-state index < -0.39 is 0 Å². The number of carbonyl (C=O) groups excluding carboxylic acids is 2. The van der Waals surface area contributed by atoms with Gasteiger partial charge in [0.15, 0.2) is 5.96 Å². The minimum Gasteiger partial charge on any atom is -0.496 e. The Hall–Kier alpha value is -1.84. The summed E-state index contributed by atoms with van der Waals surface area (Å²) in [6, 6.07) is 7.75. The van der Waals surface area contributed by atoms with Crippen LogP contribution in [0.4, 0.5) is 0 Å². The summed E-state index contributed by atoms with van der Waals surface area (Å²) in [6.45, 7) is 1.38. The molecule has 0 atom stereocenters. The van der Waals surface area contributed by atoms with Gasteiger partial charge in [0.1, 0.15) is 5.75 Å². The zero-order valence-electron chi connectivity index (χ0n) is 14.6. The highest BCUT2D eigenvalue weighted by Crippen LogP contribution is 2.16. The summed E-state index contributed by atoms with van der Waals surface area (Å²) in [5.74, 6) is 1.23. The second-order valence-electron chi connectivity index (χ2n) is 5.46. The van der Waals surface area contributed by atoms with Crippen molar-refractivity contribution in [3.05, 3.63) is 29.8 Å². The van der Waals surface area contributed by atoms with Crippen LogP contribution in [0, 0.1) is 0 Å². The van der Waals surface area contributed by atoms with Gasteiger partial charge in [0.2, 0.25) is 11.8 Å². The highest BCUT2D eigenvalue weighted by Gasteiger charge is 2.25. The van der Waals surface area contributed by atoms with Gasteiger partial charge in [-0.1, -0.05) is 18.2 Å². The molecule has 1 fully saturated rings. The predicted molar refractivity (Wildman–Crippen MR) is 107 cm³/mol. The van der Waals surface area contributed by atoms with E-state index in [1.54, 1.807) is 14.2 Å². The van der Waals surface area contributed by atoms with Crippen molar-refractivity contribution >= 4 is 41.8 Å². The number of amides is 2. The van der Waals surface area contributed by atoms with Crippen molar-refractivity contribution in [1.29, 1.82) is 0 Å². The van der Waals surface area contributed by atoms with Crippen LogP contribution in [0.2, 0.25) is 0 Å². The molecular weight excluding hydrogens is 435 g/mol. The third-order valence-corrected chi connectivity index (χ3v) is 3.87. The number of nitrogens with one attached hydrogen (secondary N) is 2. The number of halogens is 1. The van der Waals surface area contributed by atoms with Crippen LogP contribution < -0.4 is 15.4 Å². The Morgan fingerprint density at radius 1 is 1.20 bits per heavy atom. The molecule has 2 rings (SSSR count). The van der Waals surface area contributed by atoms with E-state index in [0.29, 0.717) is 44.9 Å². The number of rotatable bonds is 6. The Morgan fingerprint density at radius 2 is 1.88 bits per heavy atom. The summed E-state index contributed by atoms with van der Waals surface area (Å²) in [6.07, 6.45) is 1.56. The van der Waals surface area contributed by atoms with E-state index >= 15 is 0 Å². The normalized spacial score (nSPS) is 14.8. The summed E-state index contributed by atoms with van der Waals surface area (Å²) in [4.78, 5) is 29.0. The number of ether oxygens (including phenoxy) is 1. The Balaban J connectivity index is 0.00000312. The van der Waals surface area contributed by atoms with Crippen molar-refractivity contribution < 1.29 is 14.3 Å². The summed E-state index contributed by atoms with van der Waals surface area (Å²) >= 11 is 0. The number of aliphatic imine (C=N–C) groups is 1. The number of likely N-dealkylation sites (tertiary alicyclic amines) is 1. The lowest BCUT2D eigenvalue weighted by Crippen LogP contribution is -2.46. The molecule has 0 bridgehead atoms. The number of para-hydroxylation sites is 1. The average Bonchev–Trinajstić information content (AvgIpc) is 2.60. The lowest BCUT2D eigenvalue weighted by atomic mass is 10.1. The van der Waals surface area contributed by atoms with Gasteiger partial charge in [-0.15, -0.1) is 24.0 Å². The Labute approximate surface area is 165 Å². The molecule has 1 aromatic rings. The topological polar surface area (TPSA) is 83.0 Å². The average molecular weight is 460 g/mol. The van der Waals surface area contributed by atoms with Gasteiger partial charge in [-0.25, -0.2) is 0 Å². The smallest absolute Gasteiger partial charge is 0.229 e. The number of hydrogen-bond acceptors (Lipinski definition) is 4. The molecule has 0 spiro atoms. The molecule has 0 saturated carbocycles. The molecule has 1 saturated heterocycles. The van der Waals surface area contributed by atoms with E-state index in [9.17, 15) is 9.59 Å². The van der Waals surface area contributed by atoms with Gasteiger partial charge < -0.3 is 15.4 Å². The number of hydrogen-bond donors (Lipinski definition) is 2. The Morgan fingerprint density at radius 3 is 2.52 bits per heavy atom. The van der Waals surface area contributed by atoms with Crippen molar-refractivity contribution in [3.63, 3.8) is 0 Å². The maximum atomic E-state index is 11.7. The summed E-state index contributed by atoms with van der Waals surface area (Å²) in [5, 5.41) is 6.31. The number of benzene rings is 1. The zero-order valence-corrected chi connectivity index (χ0v) is 16.9. The van der Waals surface area contributed by atoms with Gasteiger partial charge in [-0.2, -0.15) is 0 Å². The van der Waals surface area contributed by atoms with Crippen molar-refractivity contribution in [2.45, 2.75) is 25.8 Å². The van der Waals surface area contributed by atoms with Crippen molar-refractivity contribution in [2.75, 3.05) is 27.2 Å². The molecular formula is C17H25IN4O3. The minimum absolute atomic E-state index is 0. The molecule has 1 aliphatic heterocycles. The number of imide groups is 1. The van der Waals surface area contributed by atoms with Gasteiger partial charge in [-0.05, 0) is 12.5 Å². The molecule has 25 heavy (non-hydrogen) atoms. The third-order valence-electron chi connectivity index (χ3n) is 3.87. The Bertz CT molecular complexity index is 606. The van der Waals surface area contributed by atoms with E-state index in [-0.39, 0.29) is 35.8 Å². The minimum atomic E-state index is -0.0926. The second-order valence-corrected chi connectivity index (χ2v) is 5.46. The maximum Gasteiger partial charge on any atom is 0.229 e. The molecule has 2 amide bonds. The van der Waals surface area contributed by atoms with E-state index in [2.05, 4.69) is 15.6 Å². The number of guanidine groups is 1. The van der Waals surface area contributed by atoms with E-state index in [1.807, 2.05) is 24.3 Å². The first-order valence-electron chi connectivity index (χ1n) is 8.05. The molecule has 138 valence electrons. The summed E-state index contributed by atoms with van der Waals surface area (Å²) in [5.41, 5.74) is 1.02. The first kappa shape index (κ1) is 21.2. The van der Waals surface area contributed by atoms with Gasteiger partial charge in [0.05, 0.1) is 7.11 Å². The van der Waals surface area contributed by atoms with Crippen LogP contribution in [0.15, 0.2) is 29.3 Å². The van der Waals surface area contributed by atoms with Crippen molar-refractivity contribution in [3.8, 4) is 5.75 Å². The summed E-state index contributed by atoms with van der Waals surface area (Å²) < 4.78 is 5.31. The van der Waals surface area contributed by atoms with E-state index in [1.165, 1.54) is 4.90 Å². The maximum absolute atomic E-state index is 11.7. The molecule has 2 N–H and O–H groups in total. The predicted octanol–water partition coefficient (Wildman–Crippen LogP) is 1.52. The Kier molecular flexibility index (Phi) is 9.25. The lowest BCUT2D eigenvalue weighted by molar-refractivity contribution is -0.147. The van der Waals surface area contributed by atoms with Gasteiger partial charge in [0.25, 0.3) is 0 Å². The lowest BCUT2D eigenvalue weighted by Gasteiger charge is -2.25. The van der Waals surface area contributed by atoms with Crippen molar-refractivity contribution in [2.24, 2.45) is 4.99 Å². The van der Waals surface area contributed by atoms with Gasteiger partial charge in [-0.3, -0.25) is 19.5 Å². The number of methoxy groups -OCH3 is 1. The molecule has 0 aliphatic carbocycles. The van der Waals surface area contributed by atoms with Crippen LogP contribution in [0.5, 0.6) is 5.75 Å². The largest absolute Gasteiger partial charge is 0.496 e. The van der Waals surface area contributed by atoms with Gasteiger partial charge >= 0.3 is 0 Å². The fourth-order valence-electron chi connectivity index (χ4n) is 2.58. The van der Waals surface area contributed by atoms with Gasteiger partial charge in [0, 0.05) is 45.1 Å². The number of carbonyl (C=O) groups is 2. The first-order valence-corrected chi connectivity index (χ1v) is 8.05. The van der Waals surface area contributed by atoms with Crippen LogP contribution in [-0.2, 0) is 16.1 Å². The first-order chi connectivity index (χ1) is 11.7. The van der Waals surface area contributed by atoms with E-state index in [4.69, 9.17) is 4.74 Å². The second kappa shape index (κ2) is 10.9. The highest BCUT2D eigenvalue weighted by molar-refractivity contribution is 14.0. The molecule has 1 heterocycles. The highest BCUT2D eigenvalue weighted by atomic mass is 127. The number of piperidine rings is 1. The van der Waals surface area contributed by atoms with Crippen molar-refractivity contribution in [1.82, 2.24) is 15.5 Å². The molecule has 8 heteroatoms. The van der Waals surface area contributed by atoms with Crippen LogP contribution in [0.1, 0.15) is 24.8 Å². The molecule has 0 aromatic heterocycles. The van der Waals surface area contributed by atoms with Crippen LogP contribution in [-0.4, -0.2) is 49.9 Å². The monoisotopic (exact) mass is 460 g/mol. The zero-order chi connectivity index (χ0) is 17.4. The number of nitrogens with zero attached hydrogens (tertiary/aromatic N) is 2. The van der Waals surface area contributed by atoms with Crippen LogP contribution in [0.3, 0.4) is 0 Å². The quantitative estimate of drug-likeness (QED) is 0.291. The third kappa shape index (κ3) is 6.18. The summed E-state index contributed by atoms with van der Waals surface area (Å²) in [7, 11) is 3.31.